The van der Waals surface area contributed by atoms with E-state index in [4.69, 9.17) is 9.47 Å². The topological polar surface area (TPSA) is 71.3 Å². The first-order valence-electron chi connectivity index (χ1n) is 9.12. The Morgan fingerprint density at radius 1 is 1.07 bits per heavy atom. The van der Waals surface area contributed by atoms with Gasteiger partial charge in [-0.1, -0.05) is 30.3 Å². The Kier molecular flexibility index (Phi) is 6.80. The van der Waals surface area contributed by atoms with Crippen molar-refractivity contribution in [2.45, 2.75) is 6.61 Å². The number of anilines is 1. The van der Waals surface area contributed by atoms with Crippen molar-refractivity contribution >= 4 is 17.7 Å². The van der Waals surface area contributed by atoms with Crippen molar-refractivity contribution in [2.75, 3.05) is 12.4 Å². The summed E-state index contributed by atoms with van der Waals surface area (Å²) >= 11 is 0. The summed E-state index contributed by atoms with van der Waals surface area (Å²) in [6.45, 7) is 0.0723. The largest absolute Gasteiger partial charge is 0.497 e. The summed E-state index contributed by atoms with van der Waals surface area (Å²) in [6, 6.07) is 22.0. The van der Waals surface area contributed by atoms with Crippen LogP contribution in [0.2, 0.25) is 0 Å². The second-order valence-corrected chi connectivity index (χ2v) is 6.31. The molecule has 0 radical (unpaired) electrons. The first-order chi connectivity index (χ1) is 14.6. The van der Waals surface area contributed by atoms with E-state index in [1.54, 1.807) is 73.8 Å². The van der Waals surface area contributed by atoms with Gasteiger partial charge in [-0.3, -0.25) is 4.79 Å². The smallest absolute Gasteiger partial charge is 0.266 e. The van der Waals surface area contributed by atoms with Crippen LogP contribution in [-0.4, -0.2) is 13.0 Å². The lowest BCUT2D eigenvalue weighted by Gasteiger charge is -2.08. The Morgan fingerprint density at radius 2 is 1.83 bits per heavy atom. The van der Waals surface area contributed by atoms with E-state index in [0.29, 0.717) is 28.3 Å². The number of ether oxygens (including phenoxy) is 2. The number of carbonyl (C=O) groups excluding carboxylic acids is 1. The van der Waals surface area contributed by atoms with Crippen molar-refractivity contribution < 1.29 is 18.7 Å². The summed E-state index contributed by atoms with van der Waals surface area (Å²) in [7, 11) is 1.55. The van der Waals surface area contributed by atoms with Crippen LogP contribution in [-0.2, 0) is 11.4 Å². The van der Waals surface area contributed by atoms with Crippen LogP contribution < -0.4 is 14.8 Å². The molecule has 30 heavy (non-hydrogen) atoms. The van der Waals surface area contributed by atoms with E-state index < -0.39 is 5.91 Å². The molecule has 0 unspecified atom stereocenters. The Labute approximate surface area is 174 Å². The van der Waals surface area contributed by atoms with Gasteiger partial charge in [0.05, 0.1) is 7.11 Å². The van der Waals surface area contributed by atoms with Gasteiger partial charge in [0.25, 0.3) is 5.91 Å². The molecule has 0 aliphatic carbocycles. The normalized spacial score (nSPS) is 10.8. The van der Waals surface area contributed by atoms with Gasteiger partial charge in [-0.15, -0.1) is 0 Å². The van der Waals surface area contributed by atoms with Crippen LogP contribution >= 0.6 is 0 Å². The van der Waals surface area contributed by atoms with Crippen LogP contribution in [0.4, 0.5) is 10.1 Å². The number of methoxy groups -OCH3 is 1. The molecule has 150 valence electrons. The molecule has 0 saturated carbocycles. The van der Waals surface area contributed by atoms with Crippen molar-refractivity contribution in [2.24, 2.45) is 0 Å². The quantitative estimate of drug-likeness (QED) is 0.448. The lowest BCUT2D eigenvalue weighted by atomic mass is 10.1. The average molecular weight is 402 g/mol. The van der Waals surface area contributed by atoms with E-state index in [1.165, 1.54) is 12.1 Å². The fourth-order valence-corrected chi connectivity index (χ4v) is 2.66. The van der Waals surface area contributed by atoms with Crippen LogP contribution in [0.15, 0.2) is 78.4 Å². The Bertz CT molecular complexity index is 1100. The molecule has 3 aromatic rings. The molecule has 0 saturated heterocycles. The summed E-state index contributed by atoms with van der Waals surface area (Å²) in [6.07, 6.45) is 1.47. The number of halogens is 1. The van der Waals surface area contributed by atoms with Crippen LogP contribution in [0, 0.1) is 17.1 Å². The molecule has 0 bridgehead atoms. The van der Waals surface area contributed by atoms with Gasteiger partial charge in [-0.2, -0.15) is 5.26 Å². The molecular weight excluding hydrogens is 383 g/mol. The van der Waals surface area contributed by atoms with E-state index in [-0.39, 0.29) is 18.0 Å². The molecular formula is C24H19FN2O3. The standard InChI is InChI=1S/C24H19FN2O3/c1-29-21-11-9-20(10-12-21)27-24(28)19(15-26)13-17-5-4-7-22(14-17)30-16-18-6-2-3-8-23(18)25/h2-14H,16H2,1H3,(H,27,28)/b19-13+. The third kappa shape index (κ3) is 5.46. The highest BCUT2D eigenvalue weighted by molar-refractivity contribution is 6.09. The van der Waals surface area contributed by atoms with E-state index in [0.717, 1.165) is 0 Å². The van der Waals surface area contributed by atoms with Crippen LogP contribution in [0.1, 0.15) is 11.1 Å². The Balaban J connectivity index is 1.70. The monoisotopic (exact) mass is 402 g/mol. The van der Waals surface area contributed by atoms with Gasteiger partial charge in [0.1, 0.15) is 35.6 Å². The van der Waals surface area contributed by atoms with Crippen LogP contribution in [0.25, 0.3) is 6.08 Å². The number of nitriles is 1. The number of nitrogens with one attached hydrogen (secondary N) is 1. The molecule has 1 N–H and O–H groups in total. The van der Waals surface area contributed by atoms with Gasteiger partial charge < -0.3 is 14.8 Å². The maximum atomic E-state index is 13.7. The van der Waals surface area contributed by atoms with Gasteiger partial charge in [-0.05, 0) is 54.1 Å². The lowest BCUT2D eigenvalue weighted by Crippen LogP contribution is -2.13. The van der Waals surface area contributed by atoms with E-state index in [9.17, 15) is 14.4 Å². The van der Waals surface area contributed by atoms with Gasteiger partial charge >= 0.3 is 0 Å². The molecule has 5 nitrogen and oxygen atoms in total. The van der Waals surface area contributed by atoms with Crippen molar-refractivity contribution in [3.05, 3.63) is 95.3 Å². The average Bonchev–Trinajstić information content (AvgIpc) is 2.77. The lowest BCUT2D eigenvalue weighted by molar-refractivity contribution is -0.112. The summed E-state index contributed by atoms with van der Waals surface area (Å²) in [5.41, 5.74) is 1.54. The maximum absolute atomic E-state index is 13.7. The molecule has 0 aliphatic rings. The third-order valence-corrected chi connectivity index (χ3v) is 4.23. The van der Waals surface area contributed by atoms with Gasteiger partial charge in [0.2, 0.25) is 0 Å². The number of hydrogen-bond acceptors (Lipinski definition) is 4. The SMILES string of the molecule is COc1ccc(NC(=O)/C(C#N)=C/c2cccc(OCc3ccccc3F)c2)cc1. The predicted molar refractivity (Wildman–Crippen MR) is 112 cm³/mol. The summed E-state index contributed by atoms with van der Waals surface area (Å²) in [4.78, 5) is 12.4. The minimum Gasteiger partial charge on any atom is -0.497 e. The van der Waals surface area contributed by atoms with Crippen LogP contribution in [0.3, 0.4) is 0 Å². The molecule has 0 atom stereocenters. The number of rotatable bonds is 7. The van der Waals surface area contributed by atoms with Crippen molar-refractivity contribution in [1.82, 2.24) is 0 Å². The zero-order valence-corrected chi connectivity index (χ0v) is 16.3. The molecule has 1 amide bonds. The number of nitrogens with zero attached hydrogens (tertiary/aromatic N) is 1. The highest BCUT2D eigenvalue weighted by Crippen LogP contribution is 2.19. The van der Waals surface area contributed by atoms with Gasteiger partial charge in [0, 0.05) is 11.3 Å². The number of carbonyl (C=O) groups is 1. The molecule has 0 spiro atoms. The van der Waals surface area contributed by atoms with Gasteiger partial charge in [0.15, 0.2) is 0 Å². The Morgan fingerprint density at radius 3 is 2.53 bits per heavy atom. The number of hydrogen-bond donors (Lipinski definition) is 1. The van der Waals surface area contributed by atoms with Crippen molar-refractivity contribution in [1.29, 1.82) is 5.26 Å². The minimum atomic E-state index is -0.527. The van der Waals surface area contributed by atoms with Crippen molar-refractivity contribution in [3.63, 3.8) is 0 Å². The van der Waals surface area contributed by atoms with Crippen molar-refractivity contribution in [3.8, 4) is 17.6 Å². The zero-order valence-electron chi connectivity index (χ0n) is 16.3. The zero-order chi connectivity index (χ0) is 21.3. The first-order valence-corrected chi connectivity index (χ1v) is 9.12. The number of benzene rings is 3. The molecule has 0 heterocycles. The summed E-state index contributed by atoms with van der Waals surface area (Å²) < 4.78 is 24.4. The highest BCUT2D eigenvalue weighted by atomic mass is 19.1. The van der Waals surface area contributed by atoms with Crippen LogP contribution in [0.5, 0.6) is 11.5 Å². The maximum Gasteiger partial charge on any atom is 0.266 e. The molecule has 3 rings (SSSR count). The number of amides is 1. The Hall–Kier alpha value is -4.11. The fourth-order valence-electron chi connectivity index (χ4n) is 2.66. The third-order valence-electron chi connectivity index (χ3n) is 4.23. The molecule has 3 aromatic carbocycles. The van der Waals surface area contributed by atoms with E-state index in [2.05, 4.69) is 5.32 Å². The molecule has 0 fully saturated rings. The molecule has 0 aromatic heterocycles. The second kappa shape index (κ2) is 9.89. The highest BCUT2D eigenvalue weighted by Gasteiger charge is 2.10. The first kappa shape index (κ1) is 20.6. The summed E-state index contributed by atoms with van der Waals surface area (Å²) in [5, 5.41) is 12.1. The minimum absolute atomic E-state index is 0.0583. The molecule has 0 aliphatic heterocycles. The van der Waals surface area contributed by atoms with Gasteiger partial charge in [-0.25, -0.2) is 4.39 Å². The molecule has 6 heteroatoms. The summed E-state index contributed by atoms with van der Waals surface area (Å²) in [5.74, 6) is 0.298. The van der Waals surface area contributed by atoms with E-state index in [1.807, 2.05) is 6.07 Å². The van der Waals surface area contributed by atoms with E-state index >= 15 is 0 Å². The fraction of sp³-hybridized carbons (Fsp3) is 0.0833. The second-order valence-electron chi connectivity index (χ2n) is 6.31. The predicted octanol–water partition coefficient (Wildman–Crippen LogP) is 4.96.